The van der Waals surface area contributed by atoms with Crippen LogP contribution in [0.2, 0.25) is 0 Å². The number of amides is 1. The molecule has 6 nitrogen and oxygen atoms in total. The van der Waals surface area contributed by atoms with Gasteiger partial charge in [-0.1, -0.05) is 6.07 Å². The maximum Gasteiger partial charge on any atom is 0.261 e. The topological polar surface area (TPSA) is 86.3 Å². The molecule has 110 valence electrons. The van der Waals surface area contributed by atoms with Gasteiger partial charge in [0.1, 0.15) is 11.3 Å². The summed E-state index contributed by atoms with van der Waals surface area (Å²) < 4.78 is 6.81. The van der Waals surface area contributed by atoms with Gasteiger partial charge in [0.15, 0.2) is 0 Å². The van der Waals surface area contributed by atoms with Crippen LogP contribution in [0.5, 0.6) is 5.75 Å². The molecule has 0 spiro atoms. The van der Waals surface area contributed by atoms with Gasteiger partial charge in [-0.2, -0.15) is 0 Å². The van der Waals surface area contributed by atoms with Crippen molar-refractivity contribution in [1.82, 2.24) is 4.57 Å². The van der Waals surface area contributed by atoms with Gasteiger partial charge >= 0.3 is 0 Å². The zero-order valence-corrected chi connectivity index (χ0v) is 11.9. The molecule has 2 aromatic rings. The number of anilines is 2. The minimum absolute atomic E-state index is 0.151. The fourth-order valence-electron chi connectivity index (χ4n) is 1.93. The van der Waals surface area contributed by atoms with E-state index in [4.69, 9.17) is 10.5 Å². The first-order valence-electron chi connectivity index (χ1n) is 6.52. The van der Waals surface area contributed by atoms with Crippen LogP contribution in [-0.2, 0) is 7.05 Å². The highest BCUT2D eigenvalue weighted by Crippen LogP contribution is 2.25. The van der Waals surface area contributed by atoms with Crippen molar-refractivity contribution >= 4 is 17.3 Å². The Hall–Kier alpha value is -2.76. The first-order valence-corrected chi connectivity index (χ1v) is 6.52. The number of aryl methyl sites for hydroxylation is 1. The number of nitrogens with one attached hydrogen (secondary N) is 1. The summed E-state index contributed by atoms with van der Waals surface area (Å²) >= 11 is 0. The van der Waals surface area contributed by atoms with E-state index in [2.05, 4.69) is 5.32 Å². The lowest BCUT2D eigenvalue weighted by Gasteiger charge is -2.13. The SMILES string of the molecule is CCOc1cccc(N)c1C(=O)Nc1ccc(=O)n(C)c1. The van der Waals surface area contributed by atoms with Gasteiger partial charge in [-0.05, 0) is 25.1 Å². The molecule has 0 unspecified atom stereocenters. The maximum absolute atomic E-state index is 12.4. The van der Waals surface area contributed by atoms with E-state index >= 15 is 0 Å². The van der Waals surface area contributed by atoms with E-state index in [1.807, 2.05) is 6.92 Å². The van der Waals surface area contributed by atoms with E-state index in [1.165, 1.54) is 10.6 Å². The molecule has 0 fully saturated rings. The monoisotopic (exact) mass is 287 g/mol. The molecule has 0 aliphatic rings. The van der Waals surface area contributed by atoms with Crippen molar-refractivity contribution < 1.29 is 9.53 Å². The van der Waals surface area contributed by atoms with Crippen molar-refractivity contribution in [3.63, 3.8) is 0 Å². The molecule has 1 heterocycles. The van der Waals surface area contributed by atoms with Gasteiger partial charge in [-0.3, -0.25) is 9.59 Å². The predicted octanol–water partition coefficient (Wildman–Crippen LogP) is 1.62. The fraction of sp³-hybridized carbons (Fsp3) is 0.200. The van der Waals surface area contributed by atoms with E-state index in [1.54, 1.807) is 37.5 Å². The number of benzene rings is 1. The van der Waals surface area contributed by atoms with Crippen LogP contribution in [0.3, 0.4) is 0 Å². The number of nitrogen functional groups attached to an aromatic ring is 1. The number of carbonyl (C=O) groups excluding carboxylic acids is 1. The molecule has 1 amide bonds. The molecule has 0 saturated heterocycles. The smallest absolute Gasteiger partial charge is 0.261 e. The Labute approximate surface area is 122 Å². The van der Waals surface area contributed by atoms with Crippen molar-refractivity contribution in [2.45, 2.75) is 6.92 Å². The highest BCUT2D eigenvalue weighted by Gasteiger charge is 2.16. The molecule has 0 radical (unpaired) electrons. The van der Waals surface area contributed by atoms with E-state index in [0.717, 1.165) is 0 Å². The third kappa shape index (κ3) is 3.22. The number of aromatic nitrogens is 1. The number of carbonyl (C=O) groups is 1. The Morgan fingerprint density at radius 2 is 2.10 bits per heavy atom. The molecular formula is C15H17N3O3. The summed E-state index contributed by atoms with van der Waals surface area (Å²) in [6.45, 7) is 2.27. The van der Waals surface area contributed by atoms with Crippen LogP contribution >= 0.6 is 0 Å². The molecule has 0 atom stereocenters. The molecular weight excluding hydrogens is 270 g/mol. The molecule has 21 heavy (non-hydrogen) atoms. The minimum Gasteiger partial charge on any atom is -0.493 e. The molecule has 3 N–H and O–H groups in total. The molecule has 0 aliphatic heterocycles. The predicted molar refractivity (Wildman–Crippen MR) is 81.7 cm³/mol. The summed E-state index contributed by atoms with van der Waals surface area (Å²) in [5.41, 5.74) is 6.84. The van der Waals surface area contributed by atoms with Crippen LogP contribution in [-0.4, -0.2) is 17.1 Å². The number of hydrogen-bond donors (Lipinski definition) is 2. The van der Waals surface area contributed by atoms with Crippen LogP contribution < -0.4 is 21.3 Å². The number of nitrogens with zero attached hydrogens (tertiary/aromatic N) is 1. The molecule has 0 bridgehead atoms. The lowest BCUT2D eigenvalue weighted by molar-refractivity contribution is 0.102. The number of nitrogens with two attached hydrogens (primary N) is 1. The lowest BCUT2D eigenvalue weighted by Crippen LogP contribution is -2.19. The molecule has 6 heteroatoms. The normalized spacial score (nSPS) is 10.2. The summed E-state index contributed by atoms with van der Waals surface area (Å²) in [7, 11) is 1.61. The van der Waals surface area contributed by atoms with Crippen molar-refractivity contribution in [3.8, 4) is 5.75 Å². The standard InChI is InChI=1S/C15H17N3O3/c1-3-21-12-6-4-5-11(16)14(12)15(20)17-10-7-8-13(19)18(2)9-10/h4-9H,3,16H2,1-2H3,(H,17,20). The quantitative estimate of drug-likeness (QED) is 0.837. The Kier molecular flexibility index (Phi) is 4.27. The third-order valence-electron chi connectivity index (χ3n) is 2.93. The van der Waals surface area contributed by atoms with Gasteiger partial charge in [0.2, 0.25) is 5.56 Å². The highest BCUT2D eigenvalue weighted by atomic mass is 16.5. The van der Waals surface area contributed by atoms with Crippen molar-refractivity contribution in [1.29, 1.82) is 0 Å². The largest absolute Gasteiger partial charge is 0.493 e. The van der Waals surface area contributed by atoms with Crippen molar-refractivity contribution in [2.24, 2.45) is 7.05 Å². The second-order valence-corrected chi connectivity index (χ2v) is 4.47. The Bertz CT molecular complexity index is 722. The van der Waals surface area contributed by atoms with Gasteiger partial charge in [-0.25, -0.2) is 0 Å². The Morgan fingerprint density at radius 1 is 1.33 bits per heavy atom. The molecule has 2 rings (SSSR count). The average Bonchev–Trinajstić information content (AvgIpc) is 2.43. The van der Waals surface area contributed by atoms with E-state index < -0.39 is 0 Å². The van der Waals surface area contributed by atoms with E-state index in [9.17, 15) is 9.59 Å². The van der Waals surface area contributed by atoms with Crippen LogP contribution in [0, 0.1) is 0 Å². The number of hydrogen-bond acceptors (Lipinski definition) is 4. The second kappa shape index (κ2) is 6.13. The molecule has 1 aromatic heterocycles. The Balaban J connectivity index is 2.32. The zero-order chi connectivity index (χ0) is 15.4. The summed E-state index contributed by atoms with van der Waals surface area (Å²) in [6.07, 6.45) is 1.54. The lowest BCUT2D eigenvalue weighted by atomic mass is 10.1. The van der Waals surface area contributed by atoms with Crippen LogP contribution in [0.25, 0.3) is 0 Å². The van der Waals surface area contributed by atoms with Crippen LogP contribution in [0.15, 0.2) is 41.3 Å². The summed E-state index contributed by atoms with van der Waals surface area (Å²) in [6, 6.07) is 7.98. The molecule has 0 aliphatic carbocycles. The van der Waals surface area contributed by atoms with E-state index in [-0.39, 0.29) is 17.0 Å². The number of ether oxygens (including phenoxy) is 1. The highest BCUT2D eigenvalue weighted by molar-refractivity contribution is 6.09. The van der Waals surface area contributed by atoms with E-state index in [0.29, 0.717) is 23.7 Å². The maximum atomic E-state index is 12.4. The Morgan fingerprint density at radius 3 is 2.76 bits per heavy atom. The zero-order valence-electron chi connectivity index (χ0n) is 11.9. The summed E-state index contributed by atoms with van der Waals surface area (Å²) in [5, 5.41) is 2.71. The second-order valence-electron chi connectivity index (χ2n) is 4.47. The van der Waals surface area contributed by atoms with Crippen molar-refractivity contribution in [3.05, 3.63) is 52.4 Å². The van der Waals surface area contributed by atoms with Crippen LogP contribution in [0.1, 0.15) is 17.3 Å². The van der Waals surface area contributed by atoms with Gasteiger partial charge in [0.25, 0.3) is 5.91 Å². The average molecular weight is 287 g/mol. The van der Waals surface area contributed by atoms with Gasteiger partial charge in [0, 0.05) is 25.0 Å². The molecule has 0 saturated carbocycles. The first-order chi connectivity index (χ1) is 10.0. The summed E-state index contributed by atoms with van der Waals surface area (Å²) in [4.78, 5) is 23.7. The minimum atomic E-state index is -0.379. The first kappa shape index (κ1) is 14.6. The van der Waals surface area contributed by atoms with Gasteiger partial charge in [0.05, 0.1) is 12.3 Å². The number of rotatable bonds is 4. The van der Waals surface area contributed by atoms with Crippen molar-refractivity contribution in [2.75, 3.05) is 17.7 Å². The van der Waals surface area contributed by atoms with Gasteiger partial charge < -0.3 is 20.4 Å². The third-order valence-corrected chi connectivity index (χ3v) is 2.93. The summed E-state index contributed by atoms with van der Waals surface area (Å²) in [5.74, 6) is 0.0509. The van der Waals surface area contributed by atoms with Crippen LogP contribution in [0.4, 0.5) is 11.4 Å². The fourth-order valence-corrected chi connectivity index (χ4v) is 1.93. The van der Waals surface area contributed by atoms with Gasteiger partial charge in [-0.15, -0.1) is 0 Å². The number of pyridine rings is 1. The molecule has 1 aromatic carbocycles.